The summed E-state index contributed by atoms with van der Waals surface area (Å²) in [5, 5.41) is 42.7. The minimum atomic E-state index is -1.52. The van der Waals surface area contributed by atoms with Crippen LogP contribution >= 0.6 is 0 Å². The number of carbonyl (C=O) groups excluding carboxylic acids is 9. The van der Waals surface area contributed by atoms with E-state index in [9.17, 15) is 63.0 Å². The van der Waals surface area contributed by atoms with Gasteiger partial charge in [-0.15, -0.1) is 0 Å². The molecule has 0 aromatic rings. The average molecular weight is 1110 g/mol. The van der Waals surface area contributed by atoms with Crippen LogP contribution in [-0.2, 0) is 47.9 Å². The van der Waals surface area contributed by atoms with Gasteiger partial charge in [0, 0.05) is 13.0 Å². The SMILES string of the molecule is CC[C@H](C)[C@H](NC(=O)[C@@H](NC(=O)[C@H](CCCCN)NC(=O)[C@H](CCCNC(N)=O)NC(=O)[C@H](CCCCN)NC(=O)[C@H](CC(C)C)NC(=O)[C@@H](N)C(C)C)C(C)C)C(=O)N[C@@H](CCC(=O)O)C(=O)N[C@@H](CCCCN)C(=O)O. The molecule has 0 saturated carbocycles. The first kappa shape index (κ1) is 71.8. The number of hydrogen-bond acceptors (Lipinski definition) is 15. The van der Waals surface area contributed by atoms with Gasteiger partial charge in [-0.05, 0) is 127 Å². The molecule has 448 valence electrons. The third-order valence-corrected chi connectivity index (χ3v) is 13.0. The molecule has 0 aromatic carbocycles. The molecule has 0 bridgehead atoms. The highest BCUT2D eigenvalue weighted by Gasteiger charge is 2.37. The first-order valence-electron chi connectivity index (χ1n) is 27.4. The van der Waals surface area contributed by atoms with Crippen LogP contribution in [0, 0.1) is 23.7 Å². The molecule has 27 nitrogen and oxygen atoms in total. The van der Waals surface area contributed by atoms with Crippen LogP contribution in [0.15, 0.2) is 0 Å². The van der Waals surface area contributed by atoms with E-state index in [1.165, 1.54) is 0 Å². The fraction of sp³-hybridized carbons (Fsp3) is 0.784. The van der Waals surface area contributed by atoms with Crippen molar-refractivity contribution in [2.45, 2.75) is 206 Å². The predicted octanol–water partition coefficient (Wildman–Crippen LogP) is -1.62. The van der Waals surface area contributed by atoms with Crippen molar-refractivity contribution >= 4 is 65.2 Å². The summed E-state index contributed by atoms with van der Waals surface area (Å²) in [6, 6.07) is -12.3. The molecule has 0 aromatic heterocycles. The van der Waals surface area contributed by atoms with E-state index >= 15 is 0 Å². The summed E-state index contributed by atoms with van der Waals surface area (Å²) in [7, 11) is 0. The van der Waals surface area contributed by atoms with Gasteiger partial charge in [0.25, 0.3) is 0 Å². The fourth-order valence-electron chi connectivity index (χ4n) is 7.95. The zero-order chi connectivity index (χ0) is 59.7. The molecule has 0 fully saturated rings. The molecule has 0 rings (SSSR count). The lowest BCUT2D eigenvalue weighted by atomic mass is 9.95. The predicted molar refractivity (Wildman–Crippen MR) is 292 cm³/mol. The maximum atomic E-state index is 14.4. The van der Waals surface area contributed by atoms with Gasteiger partial charge in [-0.25, -0.2) is 9.59 Å². The summed E-state index contributed by atoms with van der Waals surface area (Å²) in [4.78, 5) is 146. The van der Waals surface area contributed by atoms with Crippen molar-refractivity contribution in [2.24, 2.45) is 52.3 Å². The van der Waals surface area contributed by atoms with E-state index in [1.807, 2.05) is 13.8 Å². The number of carboxylic acid groups (broad SMARTS) is 2. The minimum Gasteiger partial charge on any atom is -0.481 e. The van der Waals surface area contributed by atoms with E-state index in [0.29, 0.717) is 44.9 Å². The number of urea groups is 1. The highest BCUT2D eigenvalue weighted by molar-refractivity contribution is 5.98. The van der Waals surface area contributed by atoms with Gasteiger partial charge >= 0.3 is 18.0 Å². The summed E-state index contributed by atoms with van der Waals surface area (Å²) < 4.78 is 0. The normalized spacial score (nSPS) is 15.2. The second-order valence-corrected chi connectivity index (χ2v) is 20.9. The Morgan fingerprint density at radius 3 is 1.21 bits per heavy atom. The Bertz CT molecular complexity index is 1930. The minimum absolute atomic E-state index is 0.000989. The standard InChI is InChI=1S/C51H96N14O13/c1-9-31(8)41(49(75)61-35(21-22-38(66)67)44(70)62-36(50(76)77)19-12-15-25-54)65-48(74)40(30(6)7)64-45(71)33(18-11-14-24-53)58-43(69)34(20-16-26-57-51(56)78)59-42(68)32(17-10-13-23-52)60-46(72)37(27-28(2)3)63-47(73)39(55)29(4)5/h28-37,39-41H,9-27,52-55H2,1-8H3,(H,58,69)(H,59,68)(H,60,72)(H,61,75)(H,62,70)(H,63,73)(H,64,71)(H,65,74)(H,66,67)(H,76,77)(H3,56,57,78)/t31-,32-,33-,34-,35-,36-,37-,39-,40-,41-/m0/s1. The van der Waals surface area contributed by atoms with Crippen LogP contribution in [0.5, 0.6) is 0 Å². The molecular formula is C51H96N14O13. The second-order valence-electron chi connectivity index (χ2n) is 20.9. The summed E-state index contributed by atoms with van der Waals surface area (Å²) in [6.45, 7) is 14.7. The monoisotopic (exact) mass is 1110 g/mol. The number of hydrogen-bond donors (Lipinski definition) is 16. The van der Waals surface area contributed by atoms with Gasteiger partial charge in [0.1, 0.15) is 48.3 Å². The summed E-state index contributed by atoms with van der Waals surface area (Å²) in [5.74, 6) is -10.4. The third-order valence-electron chi connectivity index (χ3n) is 13.0. The molecule has 0 unspecified atom stereocenters. The third kappa shape index (κ3) is 29.0. The van der Waals surface area contributed by atoms with Crippen LogP contribution in [0.3, 0.4) is 0 Å². The van der Waals surface area contributed by atoms with Crippen molar-refractivity contribution in [1.82, 2.24) is 47.9 Å². The molecule has 10 amide bonds. The molecule has 78 heavy (non-hydrogen) atoms. The molecule has 0 aliphatic heterocycles. The van der Waals surface area contributed by atoms with E-state index < -0.39 is 144 Å². The van der Waals surface area contributed by atoms with Crippen molar-refractivity contribution in [1.29, 1.82) is 0 Å². The number of aliphatic carboxylic acids is 2. The molecule has 0 spiro atoms. The fourth-order valence-corrected chi connectivity index (χ4v) is 7.95. The Balaban J connectivity index is 6.91. The molecule has 0 aliphatic carbocycles. The Hall–Kier alpha value is -6.19. The first-order valence-corrected chi connectivity index (χ1v) is 27.4. The van der Waals surface area contributed by atoms with Gasteiger partial charge in [0.05, 0.1) is 6.04 Å². The number of unbranched alkanes of at least 4 members (excludes halogenated alkanes) is 3. The number of primary amides is 1. The number of nitrogens with two attached hydrogens (primary N) is 5. The van der Waals surface area contributed by atoms with Gasteiger partial charge in [0.2, 0.25) is 47.3 Å². The molecule has 0 saturated heterocycles. The maximum Gasteiger partial charge on any atom is 0.326 e. The van der Waals surface area contributed by atoms with Crippen molar-refractivity contribution in [3.8, 4) is 0 Å². The Labute approximate surface area is 459 Å². The first-order chi connectivity index (χ1) is 36.6. The van der Waals surface area contributed by atoms with E-state index in [4.69, 9.17) is 28.7 Å². The second kappa shape index (κ2) is 39.2. The van der Waals surface area contributed by atoms with Crippen LogP contribution in [0.25, 0.3) is 0 Å². The largest absolute Gasteiger partial charge is 0.481 e. The zero-order valence-corrected chi connectivity index (χ0v) is 47.2. The Morgan fingerprint density at radius 1 is 0.436 bits per heavy atom. The average Bonchev–Trinajstić information content (AvgIpc) is 3.36. The zero-order valence-electron chi connectivity index (χ0n) is 47.2. The van der Waals surface area contributed by atoms with E-state index in [0.717, 1.165) is 0 Å². The molecule has 27 heteroatoms. The van der Waals surface area contributed by atoms with Crippen LogP contribution < -0.4 is 76.5 Å². The van der Waals surface area contributed by atoms with Crippen molar-refractivity contribution < 1.29 is 63.0 Å². The number of carboxylic acids is 2. The molecule has 0 heterocycles. The van der Waals surface area contributed by atoms with Gasteiger partial charge in [-0.2, -0.15) is 0 Å². The number of amides is 10. The van der Waals surface area contributed by atoms with Crippen LogP contribution in [0.1, 0.15) is 152 Å². The smallest absolute Gasteiger partial charge is 0.326 e. The Kier molecular flexibility index (Phi) is 36.1. The lowest BCUT2D eigenvalue weighted by molar-refractivity contribution is -0.143. The van der Waals surface area contributed by atoms with Crippen molar-refractivity contribution in [3.63, 3.8) is 0 Å². The van der Waals surface area contributed by atoms with Gasteiger partial charge < -0.3 is 86.7 Å². The molecule has 0 aliphatic rings. The lowest BCUT2D eigenvalue weighted by Crippen LogP contribution is -2.61. The Morgan fingerprint density at radius 2 is 0.808 bits per heavy atom. The van der Waals surface area contributed by atoms with Crippen molar-refractivity contribution in [2.75, 3.05) is 26.2 Å². The van der Waals surface area contributed by atoms with Crippen LogP contribution in [0.2, 0.25) is 0 Å². The van der Waals surface area contributed by atoms with Crippen LogP contribution in [0.4, 0.5) is 4.79 Å². The van der Waals surface area contributed by atoms with Gasteiger partial charge in [0.15, 0.2) is 0 Å². The quantitative estimate of drug-likeness (QED) is 0.0306. The molecular weight excluding hydrogens is 1020 g/mol. The molecule has 0 radical (unpaired) electrons. The highest BCUT2D eigenvalue weighted by Crippen LogP contribution is 2.15. The number of nitrogens with one attached hydrogen (secondary N) is 9. The van der Waals surface area contributed by atoms with E-state index in [2.05, 4.69) is 47.9 Å². The van der Waals surface area contributed by atoms with Crippen molar-refractivity contribution in [3.05, 3.63) is 0 Å². The topological polar surface area (TPSA) is 467 Å². The number of carbonyl (C=O) groups is 11. The summed E-state index contributed by atoms with van der Waals surface area (Å²) >= 11 is 0. The summed E-state index contributed by atoms with van der Waals surface area (Å²) in [5.41, 5.74) is 28.4. The van der Waals surface area contributed by atoms with E-state index in [1.54, 1.807) is 41.5 Å². The molecule has 21 N–H and O–H groups in total. The summed E-state index contributed by atoms with van der Waals surface area (Å²) in [6.07, 6.45) is 2.16. The highest BCUT2D eigenvalue weighted by atomic mass is 16.4. The van der Waals surface area contributed by atoms with E-state index in [-0.39, 0.29) is 76.5 Å². The van der Waals surface area contributed by atoms with Gasteiger partial charge in [-0.3, -0.25) is 43.2 Å². The lowest BCUT2D eigenvalue weighted by Gasteiger charge is -2.30. The van der Waals surface area contributed by atoms with Gasteiger partial charge in [-0.1, -0.05) is 61.8 Å². The number of rotatable bonds is 42. The van der Waals surface area contributed by atoms with Crippen LogP contribution in [-0.4, -0.2) is 156 Å². The molecule has 10 atom stereocenters. The maximum absolute atomic E-state index is 14.4.